The van der Waals surface area contributed by atoms with Crippen LogP contribution in [0.2, 0.25) is 0 Å². The van der Waals surface area contributed by atoms with Crippen LogP contribution in [0.15, 0.2) is 72.8 Å². The molecule has 2 amide bonds. The second-order valence-electron chi connectivity index (χ2n) is 9.68. The number of aromatic nitrogens is 3. The molecule has 0 radical (unpaired) electrons. The van der Waals surface area contributed by atoms with Crippen molar-refractivity contribution in [1.82, 2.24) is 20.3 Å². The fourth-order valence-corrected chi connectivity index (χ4v) is 5.05. The monoisotopic (exact) mass is 497 g/mol. The molecular weight excluding hydrogens is 466 g/mol. The van der Waals surface area contributed by atoms with Crippen LogP contribution in [-0.2, 0) is 16.1 Å². The number of nitrogens with zero attached hydrogens (tertiary/aromatic N) is 4. The van der Waals surface area contributed by atoms with Crippen molar-refractivity contribution in [1.29, 1.82) is 0 Å². The number of aromatic hydroxyl groups is 1. The van der Waals surface area contributed by atoms with E-state index in [0.717, 1.165) is 36.8 Å². The molecule has 1 heterocycles. The molecule has 8 heteroatoms. The highest BCUT2D eigenvalue weighted by Gasteiger charge is 2.34. The number of fused-ring (bicyclic) bond motifs is 1. The Morgan fingerprint density at radius 3 is 2.54 bits per heavy atom. The summed E-state index contributed by atoms with van der Waals surface area (Å²) in [6.07, 6.45) is 5.19. The Bertz CT molecular complexity index is 1390. The molecule has 190 valence electrons. The summed E-state index contributed by atoms with van der Waals surface area (Å²) in [5.41, 5.74) is 3.64. The maximum atomic E-state index is 14.1. The SMILES string of the molecule is Cc1cccc(N(C(=O)Cn2nnc3ccccc32)[C@@H](C(=O)NC2CCCCC2)c2ccc(O)cc2)c1. The minimum absolute atomic E-state index is 0.0783. The van der Waals surface area contributed by atoms with Crippen molar-refractivity contribution in [3.8, 4) is 5.75 Å². The number of anilines is 1. The van der Waals surface area contributed by atoms with E-state index in [9.17, 15) is 14.7 Å². The van der Waals surface area contributed by atoms with Crippen LogP contribution in [0, 0.1) is 6.92 Å². The van der Waals surface area contributed by atoms with Crippen LogP contribution in [0.25, 0.3) is 11.0 Å². The van der Waals surface area contributed by atoms with Crippen LogP contribution in [0.4, 0.5) is 5.69 Å². The number of carbonyl (C=O) groups excluding carboxylic acids is 2. The standard InChI is InChI=1S/C29H31N5O3/c1-20-8-7-11-23(18-20)34(27(36)19-33-26-13-6-5-12-25(26)31-32-33)28(21-14-16-24(35)17-15-21)29(37)30-22-9-3-2-4-10-22/h5-8,11-18,22,28,35H,2-4,9-10,19H2,1H3,(H,30,37)/t28-/m1/s1. The molecule has 1 aliphatic rings. The van der Waals surface area contributed by atoms with Crippen molar-refractivity contribution < 1.29 is 14.7 Å². The normalized spacial score (nSPS) is 14.8. The molecule has 1 fully saturated rings. The second-order valence-corrected chi connectivity index (χ2v) is 9.68. The first-order valence-electron chi connectivity index (χ1n) is 12.8. The van der Waals surface area contributed by atoms with Gasteiger partial charge < -0.3 is 10.4 Å². The first-order chi connectivity index (χ1) is 18.0. The van der Waals surface area contributed by atoms with Gasteiger partial charge in [-0.05, 0) is 67.3 Å². The molecule has 1 saturated carbocycles. The number of amides is 2. The maximum Gasteiger partial charge on any atom is 0.249 e. The van der Waals surface area contributed by atoms with Crippen molar-refractivity contribution in [2.75, 3.05) is 4.90 Å². The minimum Gasteiger partial charge on any atom is -0.508 e. The Labute approximate surface area is 215 Å². The summed E-state index contributed by atoms with van der Waals surface area (Å²) in [7, 11) is 0. The van der Waals surface area contributed by atoms with E-state index < -0.39 is 6.04 Å². The Morgan fingerprint density at radius 1 is 1.03 bits per heavy atom. The van der Waals surface area contributed by atoms with E-state index in [1.54, 1.807) is 33.8 Å². The topological polar surface area (TPSA) is 100 Å². The zero-order valence-corrected chi connectivity index (χ0v) is 20.9. The predicted octanol–water partition coefficient (Wildman–Crippen LogP) is 4.67. The van der Waals surface area contributed by atoms with Crippen molar-refractivity contribution in [3.05, 3.63) is 83.9 Å². The molecule has 1 atom stereocenters. The van der Waals surface area contributed by atoms with Gasteiger partial charge in [-0.1, -0.05) is 60.9 Å². The fraction of sp³-hybridized carbons (Fsp3) is 0.310. The summed E-state index contributed by atoms with van der Waals surface area (Å²) in [5, 5.41) is 21.5. The summed E-state index contributed by atoms with van der Waals surface area (Å²) in [6.45, 7) is 1.87. The van der Waals surface area contributed by atoms with Gasteiger partial charge in [0.25, 0.3) is 0 Å². The molecular formula is C29H31N5O3. The predicted molar refractivity (Wildman–Crippen MR) is 142 cm³/mol. The first-order valence-corrected chi connectivity index (χ1v) is 12.8. The number of para-hydroxylation sites is 1. The van der Waals surface area contributed by atoms with Gasteiger partial charge in [-0.2, -0.15) is 0 Å². The quantitative estimate of drug-likeness (QED) is 0.387. The molecule has 1 aromatic heterocycles. The molecule has 0 bridgehead atoms. The number of aryl methyl sites for hydroxylation is 1. The number of phenols is 1. The largest absolute Gasteiger partial charge is 0.508 e. The van der Waals surface area contributed by atoms with Crippen molar-refractivity contribution in [2.24, 2.45) is 0 Å². The summed E-state index contributed by atoms with van der Waals surface area (Å²) in [5.74, 6) is -0.438. The maximum absolute atomic E-state index is 14.1. The van der Waals surface area contributed by atoms with Crippen LogP contribution in [0.5, 0.6) is 5.75 Å². The Balaban J connectivity index is 1.56. The molecule has 0 unspecified atom stereocenters. The second kappa shape index (κ2) is 10.8. The van der Waals surface area contributed by atoms with Crippen LogP contribution in [0.3, 0.4) is 0 Å². The van der Waals surface area contributed by atoms with Gasteiger partial charge in [-0.3, -0.25) is 14.5 Å². The molecule has 8 nitrogen and oxygen atoms in total. The van der Waals surface area contributed by atoms with Crippen LogP contribution < -0.4 is 10.2 Å². The molecule has 37 heavy (non-hydrogen) atoms. The molecule has 1 aliphatic carbocycles. The van der Waals surface area contributed by atoms with Crippen molar-refractivity contribution >= 4 is 28.5 Å². The molecule has 2 N–H and O–H groups in total. The average molecular weight is 498 g/mol. The van der Waals surface area contributed by atoms with Gasteiger partial charge in [0, 0.05) is 11.7 Å². The lowest BCUT2D eigenvalue weighted by Crippen LogP contribution is -2.48. The average Bonchev–Trinajstić information content (AvgIpc) is 3.31. The summed E-state index contributed by atoms with van der Waals surface area (Å²) in [6, 6.07) is 20.7. The van der Waals surface area contributed by atoms with Crippen molar-refractivity contribution in [2.45, 2.75) is 57.7 Å². The highest BCUT2D eigenvalue weighted by molar-refractivity contribution is 6.01. The lowest BCUT2D eigenvalue weighted by Gasteiger charge is -2.33. The van der Waals surface area contributed by atoms with Crippen LogP contribution in [0.1, 0.15) is 49.3 Å². The van der Waals surface area contributed by atoms with Gasteiger partial charge in [0.2, 0.25) is 11.8 Å². The Morgan fingerprint density at radius 2 is 1.78 bits per heavy atom. The van der Waals surface area contributed by atoms with E-state index in [2.05, 4.69) is 15.6 Å². The fourth-order valence-electron chi connectivity index (χ4n) is 5.05. The third-order valence-electron chi connectivity index (χ3n) is 6.92. The van der Waals surface area contributed by atoms with Crippen molar-refractivity contribution in [3.63, 3.8) is 0 Å². The lowest BCUT2D eigenvalue weighted by molar-refractivity contribution is -0.127. The Hall–Kier alpha value is -4.20. The molecule has 4 aromatic rings. The van der Waals surface area contributed by atoms with Gasteiger partial charge >= 0.3 is 0 Å². The molecule has 3 aromatic carbocycles. The van der Waals surface area contributed by atoms with E-state index in [1.807, 2.05) is 55.5 Å². The van der Waals surface area contributed by atoms with Crippen LogP contribution in [-0.4, -0.2) is 38.0 Å². The molecule has 0 saturated heterocycles. The first kappa shape index (κ1) is 24.5. The van der Waals surface area contributed by atoms with E-state index in [4.69, 9.17) is 0 Å². The number of nitrogens with one attached hydrogen (secondary N) is 1. The van der Waals surface area contributed by atoms with E-state index >= 15 is 0 Å². The van der Waals surface area contributed by atoms with Gasteiger partial charge in [0.15, 0.2) is 0 Å². The minimum atomic E-state index is -0.924. The smallest absolute Gasteiger partial charge is 0.249 e. The number of carbonyl (C=O) groups is 2. The summed E-state index contributed by atoms with van der Waals surface area (Å²) >= 11 is 0. The van der Waals surface area contributed by atoms with E-state index in [-0.39, 0.29) is 30.2 Å². The number of rotatable bonds is 7. The van der Waals surface area contributed by atoms with Gasteiger partial charge in [-0.25, -0.2) is 4.68 Å². The highest BCUT2D eigenvalue weighted by Crippen LogP contribution is 2.31. The third-order valence-corrected chi connectivity index (χ3v) is 6.92. The van der Waals surface area contributed by atoms with Crippen LogP contribution >= 0.6 is 0 Å². The molecule has 0 aliphatic heterocycles. The van der Waals surface area contributed by atoms with E-state index in [1.165, 1.54) is 6.42 Å². The molecule has 5 rings (SSSR count). The zero-order chi connectivity index (χ0) is 25.8. The third kappa shape index (κ3) is 5.48. The number of hydrogen-bond acceptors (Lipinski definition) is 5. The lowest BCUT2D eigenvalue weighted by atomic mass is 9.94. The highest BCUT2D eigenvalue weighted by atomic mass is 16.3. The Kier molecular flexibility index (Phi) is 7.16. The van der Waals surface area contributed by atoms with Gasteiger partial charge in [-0.15, -0.1) is 5.10 Å². The zero-order valence-electron chi connectivity index (χ0n) is 20.9. The molecule has 0 spiro atoms. The van der Waals surface area contributed by atoms with E-state index in [0.29, 0.717) is 16.8 Å². The number of benzene rings is 3. The summed E-state index contributed by atoms with van der Waals surface area (Å²) < 4.78 is 1.56. The summed E-state index contributed by atoms with van der Waals surface area (Å²) in [4.78, 5) is 29.5. The number of hydrogen-bond donors (Lipinski definition) is 2. The van der Waals surface area contributed by atoms with Gasteiger partial charge in [0.05, 0.1) is 5.52 Å². The number of phenolic OH excluding ortho intramolecular Hbond substituents is 1. The van der Waals surface area contributed by atoms with Gasteiger partial charge in [0.1, 0.15) is 23.9 Å².